The highest BCUT2D eigenvalue weighted by atomic mass is 16.5. The number of carbonyl (C=O) groups excluding carboxylic acids is 1. The van der Waals surface area contributed by atoms with Gasteiger partial charge in [0.1, 0.15) is 12.1 Å². The number of hydrogen-bond acceptors (Lipinski definition) is 4. The van der Waals surface area contributed by atoms with Crippen molar-refractivity contribution in [3.05, 3.63) is 0 Å². The molecule has 94 valence electrons. The lowest BCUT2D eigenvalue weighted by atomic mass is 9.88. The molecule has 1 saturated carbocycles. The highest BCUT2D eigenvalue weighted by Gasteiger charge is 2.26. The van der Waals surface area contributed by atoms with E-state index in [-0.39, 0.29) is 12.1 Å². The number of rotatable bonds is 5. The van der Waals surface area contributed by atoms with E-state index in [1.807, 2.05) is 0 Å². The van der Waals surface area contributed by atoms with Gasteiger partial charge in [-0.05, 0) is 31.6 Å². The molecule has 1 aliphatic rings. The summed E-state index contributed by atoms with van der Waals surface area (Å²) in [4.78, 5) is 11.7. The first-order valence-electron chi connectivity index (χ1n) is 6.10. The Balaban J connectivity index is 2.31. The first-order valence-corrected chi connectivity index (χ1v) is 6.10. The summed E-state index contributed by atoms with van der Waals surface area (Å²) in [6.45, 7) is 2.63. The van der Waals surface area contributed by atoms with Gasteiger partial charge in [-0.25, -0.2) is 0 Å². The molecule has 0 bridgehead atoms. The van der Waals surface area contributed by atoms with Crippen LogP contribution < -0.4 is 5.73 Å². The lowest BCUT2D eigenvalue weighted by molar-refractivity contribution is -0.155. The summed E-state index contributed by atoms with van der Waals surface area (Å²) in [7, 11) is 1.60. The third kappa shape index (κ3) is 4.10. The van der Waals surface area contributed by atoms with Gasteiger partial charge >= 0.3 is 5.97 Å². The van der Waals surface area contributed by atoms with Crippen LogP contribution in [-0.2, 0) is 14.3 Å². The molecule has 0 amide bonds. The third-order valence-corrected chi connectivity index (χ3v) is 3.24. The minimum atomic E-state index is -0.547. The van der Waals surface area contributed by atoms with Crippen molar-refractivity contribution in [3.63, 3.8) is 0 Å². The summed E-state index contributed by atoms with van der Waals surface area (Å²) in [6, 6.07) is -0.547. The van der Waals surface area contributed by atoms with Crippen molar-refractivity contribution in [1.29, 1.82) is 0 Å². The quantitative estimate of drug-likeness (QED) is 0.725. The van der Waals surface area contributed by atoms with E-state index in [1.54, 1.807) is 7.11 Å². The fourth-order valence-electron chi connectivity index (χ4n) is 2.06. The molecule has 3 unspecified atom stereocenters. The molecule has 4 heteroatoms. The smallest absolute Gasteiger partial charge is 0.323 e. The number of esters is 1. The molecule has 0 aliphatic heterocycles. The number of nitrogens with two attached hydrogens (primary N) is 1. The van der Waals surface area contributed by atoms with Crippen LogP contribution in [0.4, 0.5) is 0 Å². The zero-order valence-electron chi connectivity index (χ0n) is 10.3. The maximum absolute atomic E-state index is 11.7. The minimum Gasteiger partial charge on any atom is -0.461 e. The van der Waals surface area contributed by atoms with Crippen LogP contribution in [0.2, 0.25) is 0 Å². The van der Waals surface area contributed by atoms with Crippen molar-refractivity contribution in [2.75, 3.05) is 13.7 Å². The number of hydrogen-bond donors (Lipinski definition) is 1. The Hall–Kier alpha value is -0.610. The Morgan fingerprint density at radius 2 is 2.12 bits per heavy atom. The predicted molar refractivity (Wildman–Crippen MR) is 62.0 cm³/mol. The van der Waals surface area contributed by atoms with Crippen LogP contribution >= 0.6 is 0 Å². The summed E-state index contributed by atoms with van der Waals surface area (Å²) >= 11 is 0. The Kier molecular flexibility index (Phi) is 5.77. The molecule has 3 atom stereocenters. The summed E-state index contributed by atoms with van der Waals surface area (Å²) in [5.41, 5.74) is 5.71. The van der Waals surface area contributed by atoms with Gasteiger partial charge in [-0.1, -0.05) is 13.3 Å². The molecule has 0 radical (unpaired) electrons. The molecule has 4 nitrogen and oxygen atoms in total. The first-order chi connectivity index (χ1) is 7.65. The largest absolute Gasteiger partial charge is 0.461 e. The van der Waals surface area contributed by atoms with Gasteiger partial charge in [0, 0.05) is 13.7 Å². The van der Waals surface area contributed by atoms with E-state index in [1.165, 1.54) is 6.42 Å². The van der Waals surface area contributed by atoms with E-state index < -0.39 is 6.04 Å². The van der Waals surface area contributed by atoms with Crippen LogP contribution in [0.15, 0.2) is 0 Å². The third-order valence-electron chi connectivity index (χ3n) is 3.24. The molecule has 1 fully saturated rings. The molecule has 0 aromatic heterocycles. The zero-order chi connectivity index (χ0) is 12.0. The lowest BCUT2D eigenvalue weighted by Gasteiger charge is -2.29. The topological polar surface area (TPSA) is 61.5 Å². The molecule has 0 aromatic rings. The van der Waals surface area contributed by atoms with Crippen LogP contribution in [0, 0.1) is 5.92 Å². The van der Waals surface area contributed by atoms with Crippen molar-refractivity contribution in [2.45, 2.75) is 51.2 Å². The average Bonchev–Trinajstić information content (AvgIpc) is 2.28. The van der Waals surface area contributed by atoms with Gasteiger partial charge in [0.25, 0.3) is 0 Å². The maximum Gasteiger partial charge on any atom is 0.323 e. The van der Waals surface area contributed by atoms with Gasteiger partial charge in [-0.2, -0.15) is 0 Å². The van der Waals surface area contributed by atoms with Crippen molar-refractivity contribution in [2.24, 2.45) is 11.7 Å². The molecule has 1 aliphatic carbocycles. The summed E-state index contributed by atoms with van der Waals surface area (Å²) in [5, 5.41) is 0. The molecule has 2 N–H and O–H groups in total. The van der Waals surface area contributed by atoms with Crippen molar-refractivity contribution >= 4 is 5.97 Å². The molecular weight excluding hydrogens is 206 g/mol. The minimum absolute atomic E-state index is 0.0647. The van der Waals surface area contributed by atoms with Gasteiger partial charge in [0.2, 0.25) is 0 Å². The van der Waals surface area contributed by atoms with Gasteiger partial charge < -0.3 is 15.2 Å². The second kappa shape index (κ2) is 6.86. The Labute approximate surface area is 97.5 Å². The molecule has 0 aromatic carbocycles. The molecule has 0 saturated heterocycles. The van der Waals surface area contributed by atoms with E-state index in [4.69, 9.17) is 15.2 Å². The Morgan fingerprint density at radius 1 is 1.44 bits per heavy atom. The van der Waals surface area contributed by atoms with E-state index in [2.05, 4.69) is 6.92 Å². The number of carbonyl (C=O) groups is 1. The lowest BCUT2D eigenvalue weighted by Crippen LogP contribution is -2.38. The van der Waals surface area contributed by atoms with E-state index in [9.17, 15) is 4.79 Å². The van der Waals surface area contributed by atoms with Crippen molar-refractivity contribution in [1.82, 2.24) is 0 Å². The van der Waals surface area contributed by atoms with Gasteiger partial charge in [0.05, 0.1) is 0 Å². The SMILES string of the molecule is COCCC(N)C(=O)OC1CCCCC1C. The number of methoxy groups -OCH3 is 1. The van der Waals surface area contributed by atoms with Gasteiger partial charge in [-0.15, -0.1) is 0 Å². The predicted octanol–water partition coefficient (Wildman–Crippen LogP) is 1.47. The molecule has 16 heavy (non-hydrogen) atoms. The standard InChI is InChI=1S/C12H23NO3/c1-9-5-3-4-6-11(9)16-12(14)10(13)7-8-15-2/h9-11H,3-8,13H2,1-2H3. The van der Waals surface area contributed by atoms with E-state index >= 15 is 0 Å². The highest BCUT2D eigenvalue weighted by molar-refractivity contribution is 5.75. The van der Waals surface area contributed by atoms with Crippen LogP contribution in [0.25, 0.3) is 0 Å². The zero-order valence-corrected chi connectivity index (χ0v) is 10.3. The van der Waals surface area contributed by atoms with Crippen molar-refractivity contribution < 1.29 is 14.3 Å². The van der Waals surface area contributed by atoms with Gasteiger partial charge in [0.15, 0.2) is 0 Å². The fraction of sp³-hybridized carbons (Fsp3) is 0.917. The van der Waals surface area contributed by atoms with Crippen LogP contribution in [0.1, 0.15) is 39.0 Å². The Morgan fingerprint density at radius 3 is 2.75 bits per heavy atom. The average molecular weight is 229 g/mol. The molecule has 1 rings (SSSR count). The maximum atomic E-state index is 11.7. The van der Waals surface area contributed by atoms with Gasteiger partial charge in [-0.3, -0.25) is 4.79 Å². The highest BCUT2D eigenvalue weighted by Crippen LogP contribution is 2.26. The first kappa shape index (κ1) is 13.5. The van der Waals surface area contributed by atoms with Crippen LogP contribution in [0.3, 0.4) is 0 Å². The normalized spacial score (nSPS) is 27.4. The fourth-order valence-corrected chi connectivity index (χ4v) is 2.06. The Bertz CT molecular complexity index is 220. The second-order valence-electron chi connectivity index (χ2n) is 4.63. The molecular formula is C12H23NO3. The molecule has 0 heterocycles. The van der Waals surface area contributed by atoms with Crippen LogP contribution in [0.5, 0.6) is 0 Å². The summed E-state index contributed by atoms with van der Waals surface area (Å²) in [6.07, 6.45) is 5.10. The monoisotopic (exact) mass is 229 g/mol. The number of ether oxygens (including phenoxy) is 2. The molecule has 0 spiro atoms. The van der Waals surface area contributed by atoms with Crippen molar-refractivity contribution in [3.8, 4) is 0 Å². The van der Waals surface area contributed by atoms with Crippen LogP contribution in [-0.4, -0.2) is 31.8 Å². The second-order valence-corrected chi connectivity index (χ2v) is 4.63. The van der Waals surface area contributed by atoms with E-state index in [0.29, 0.717) is 18.9 Å². The summed E-state index contributed by atoms with van der Waals surface area (Å²) in [5.74, 6) is 0.183. The van der Waals surface area contributed by atoms with E-state index in [0.717, 1.165) is 19.3 Å². The summed E-state index contributed by atoms with van der Waals surface area (Å²) < 4.78 is 10.3.